The summed E-state index contributed by atoms with van der Waals surface area (Å²) in [6, 6.07) is 7.86. The molecular weight excluding hydrogens is 563 g/mol. The maximum atomic E-state index is 6.65. The number of methoxy groups -OCH3 is 3. The van der Waals surface area contributed by atoms with Gasteiger partial charge in [-0.2, -0.15) is 0 Å². The Morgan fingerprint density at radius 3 is 2.12 bits per heavy atom. The number of fused-ring (bicyclic) bond motifs is 1. The number of nitrogens with one attached hydrogen (secondary N) is 1. The molecule has 0 unspecified atom stereocenters. The van der Waals surface area contributed by atoms with Crippen molar-refractivity contribution in [1.82, 2.24) is 14.9 Å². The monoisotopic (exact) mass is 602 g/mol. The summed E-state index contributed by atoms with van der Waals surface area (Å²) in [6.07, 6.45) is 2.57. The molecule has 1 fully saturated rings. The molecular formula is C30H40Cl2N6O3. The Hall–Kier alpha value is -3.14. The van der Waals surface area contributed by atoms with Gasteiger partial charge >= 0.3 is 0 Å². The summed E-state index contributed by atoms with van der Waals surface area (Å²) in [5, 5.41) is 4.26. The first-order valence-corrected chi connectivity index (χ1v) is 14.8. The number of aromatic nitrogens is 2. The van der Waals surface area contributed by atoms with Crippen LogP contribution in [-0.4, -0.2) is 75.5 Å². The molecule has 0 radical (unpaired) electrons. The van der Waals surface area contributed by atoms with E-state index in [2.05, 4.69) is 44.1 Å². The summed E-state index contributed by atoms with van der Waals surface area (Å²) in [6.45, 7) is 12.6. The molecule has 2 aromatic carbocycles. The van der Waals surface area contributed by atoms with Gasteiger partial charge in [-0.15, -0.1) is 0 Å². The number of ether oxygens (including phenoxy) is 3. The number of hydrogen-bond donors (Lipinski definition) is 1. The highest BCUT2D eigenvalue weighted by atomic mass is 35.5. The lowest BCUT2D eigenvalue weighted by Gasteiger charge is -2.36. The van der Waals surface area contributed by atoms with Crippen LogP contribution in [0.25, 0.3) is 0 Å². The summed E-state index contributed by atoms with van der Waals surface area (Å²) in [5.41, 5.74) is 4.67. The van der Waals surface area contributed by atoms with Crippen LogP contribution in [0.2, 0.25) is 10.0 Å². The zero-order valence-corrected chi connectivity index (χ0v) is 26.3. The van der Waals surface area contributed by atoms with Gasteiger partial charge in [0.25, 0.3) is 0 Å². The van der Waals surface area contributed by atoms with Crippen LogP contribution >= 0.6 is 23.2 Å². The highest BCUT2D eigenvalue weighted by molar-refractivity contribution is 6.41. The molecule has 1 N–H and O–H groups in total. The number of likely N-dealkylation sites (N-methyl/N-ethyl adjacent to an activating group) is 1. The van der Waals surface area contributed by atoms with Crippen LogP contribution in [0.1, 0.15) is 32.0 Å². The van der Waals surface area contributed by atoms with Gasteiger partial charge in [-0.25, -0.2) is 9.97 Å². The minimum Gasteiger partial charge on any atom is -0.495 e. The molecule has 2 aliphatic heterocycles. The van der Waals surface area contributed by atoms with E-state index in [0.717, 1.165) is 61.1 Å². The minimum atomic E-state index is 0.454. The molecule has 222 valence electrons. The minimum absolute atomic E-state index is 0.454. The lowest BCUT2D eigenvalue weighted by atomic mass is 10.1. The molecule has 11 heteroatoms. The quantitative estimate of drug-likeness (QED) is 0.320. The second-order valence-corrected chi connectivity index (χ2v) is 10.3. The zero-order valence-electron chi connectivity index (χ0n) is 24.8. The average Bonchev–Trinajstić information content (AvgIpc) is 3.02. The van der Waals surface area contributed by atoms with Crippen molar-refractivity contribution >= 4 is 46.2 Å². The van der Waals surface area contributed by atoms with Gasteiger partial charge in [0, 0.05) is 75.3 Å². The summed E-state index contributed by atoms with van der Waals surface area (Å²) in [4.78, 5) is 16.4. The van der Waals surface area contributed by atoms with Crippen LogP contribution in [0, 0.1) is 0 Å². The van der Waals surface area contributed by atoms with Gasteiger partial charge < -0.3 is 34.2 Å². The van der Waals surface area contributed by atoms with Gasteiger partial charge in [-0.05, 0) is 18.7 Å². The van der Waals surface area contributed by atoms with Gasteiger partial charge in [0.05, 0.1) is 38.4 Å². The Kier molecular flexibility index (Phi) is 10.6. The number of rotatable bonds is 8. The third kappa shape index (κ3) is 6.68. The lowest BCUT2D eigenvalue weighted by Crippen LogP contribution is -2.46. The van der Waals surface area contributed by atoms with Crippen molar-refractivity contribution in [1.29, 1.82) is 0 Å². The highest BCUT2D eigenvalue weighted by Crippen LogP contribution is 2.47. The molecule has 0 atom stereocenters. The van der Waals surface area contributed by atoms with Crippen molar-refractivity contribution in [2.45, 2.75) is 33.7 Å². The Morgan fingerprint density at radius 1 is 0.854 bits per heavy atom. The average molecular weight is 604 g/mol. The second kappa shape index (κ2) is 14.2. The second-order valence-electron chi connectivity index (χ2n) is 9.53. The van der Waals surface area contributed by atoms with E-state index in [-0.39, 0.29) is 0 Å². The maximum Gasteiger partial charge on any atom is 0.227 e. The fourth-order valence-electron chi connectivity index (χ4n) is 5.17. The molecule has 2 aliphatic rings. The van der Waals surface area contributed by atoms with Crippen molar-refractivity contribution in [2.75, 3.05) is 75.7 Å². The molecule has 1 saturated heterocycles. The van der Waals surface area contributed by atoms with Crippen LogP contribution in [0.4, 0.5) is 23.0 Å². The molecule has 5 rings (SSSR count). The fraction of sp³-hybridized carbons (Fsp3) is 0.467. The predicted octanol–water partition coefficient (Wildman–Crippen LogP) is 6.28. The van der Waals surface area contributed by atoms with Gasteiger partial charge in [0.15, 0.2) is 0 Å². The topological polar surface area (TPSA) is 75.2 Å². The Morgan fingerprint density at radius 2 is 1.51 bits per heavy atom. The molecule has 0 aliphatic carbocycles. The Bertz CT molecular complexity index is 1310. The van der Waals surface area contributed by atoms with Crippen LogP contribution in [0.15, 0.2) is 30.5 Å². The van der Waals surface area contributed by atoms with Gasteiger partial charge in [0.2, 0.25) is 5.95 Å². The van der Waals surface area contributed by atoms with Gasteiger partial charge in [-0.3, -0.25) is 0 Å². The molecule has 0 spiro atoms. The fourth-order valence-corrected chi connectivity index (χ4v) is 5.91. The van der Waals surface area contributed by atoms with E-state index in [1.165, 1.54) is 0 Å². The zero-order chi connectivity index (χ0) is 29.5. The van der Waals surface area contributed by atoms with Gasteiger partial charge in [-0.1, -0.05) is 44.0 Å². The molecule has 3 aromatic rings. The van der Waals surface area contributed by atoms with Crippen LogP contribution in [-0.2, 0) is 13.0 Å². The van der Waals surface area contributed by atoms with Crippen molar-refractivity contribution in [3.8, 4) is 17.2 Å². The van der Waals surface area contributed by atoms with Crippen molar-refractivity contribution in [2.24, 2.45) is 0 Å². The van der Waals surface area contributed by atoms with E-state index < -0.39 is 0 Å². The Labute approximate surface area is 253 Å². The van der Waals surface area contributed by atoms with E-state index in [1.54, 1.807) is 27.4 Å². The number of anilines is 4. The number of hydrogen-bond acceptors (Lipinski definition) is 9. The number of benzene rings is 2. The summed E-state index contributed by atoms with van der Waals surface area (Å²) in [7, 11) is 4.86. The molecule has 0 saturated carbocycles. The highest BCUT2D eigenvalue weighted by Gasteiger charge is 2.26. The summed E-state index contributed by atoms with van der Waals surface area (Å²) < 4.78 is 16.6. The van der Waals surface area contributed by atoms with Crippen molar-refractivity contribution < 1.29 is 14.2 Å². The van der Waals surface area contributed by atoms with E-state index in [0.29, 0.717) is 52.7 Å². The number of nitrogens with zero attached hydrogens (tertiary/aromatic N) is 5. The van der Waals surface area contributed by atoms with E-state index in [4.69, 9.17) is 42.4 Å². The third-order valence-corrected chi connectivity index (χ3v) is 8.13. The molecule has 9 nitrogen and oxygen atoms in total. The molecule has 0 bridgehead atoms. The Balaban J connectivity index is 0.00000189. The molecule has 0 amide bonds. The maximum absolute atomic E-state index is 6.65. The van der Waals surface area contributed by atoms with Crippen LogP contribution in [0.5, 0.6) is 17.2 Å². The normalized spacial score (nSPS) is 15.0. The smallest absolute Gasteiger partial charge is 0.227 e. The number of piperazine rings is 1. The first kappa shape index (κ1) is 30.8. The van der Waals surface area contributed by atoms with Crippen LogP contribution in [0.3, 0.4) is 0 Å². The van der Waals surface area contributed by atoms with Crippen molar-refractivity contribution in [3.05, 3.63) is 51.8 Å². The summed E-state index contributed by atoms with van der Waals surface area (Å²) in [5.74, 6) is 2.41. The predicted molar refractivity (Wildman–Crippen MR) is 168 cm³/mol. The number of halogens is 2. The lowest BCUT2D eigenvalue weighted by molar-refractivity contribution is 0.270. The van der Waals surface area contributed by atoms with Gasteiger partial charge in [0.1, 0.15) is 27.3 Å². The van der Waals surface area contributed by atoms with E-state index >= 15 is 0 Å². The van der Waals surface area contributed by atoms with E-state index in [9.17, 15) is 0 Å². The summed E-state index contributed by atoms with van der Waals surface area (Å²) >= 11 is 13.3. The largest absolute Gasteiger partial charge is 0.495 e. The molecule has 3 heterocycles. The molecule has 41 heavy (non-hydrogen) atoms. The first-order valence-electron chi connectivity index (χ1n) is 14.1. The first-order chi connectivity index (χ1) is 19.9. The standard InChI is InChI=1S/C28H34Cl2N6O3.C2H6/c1-5-34-10-12-35(13-11-34)21-7-6-19(14-22(21)37-2)32-28-31-16-18-17-36(9-8-20(18)33-28)27-25(29)23(38-3)15-24(39-4)26(27)30;1-2/h6-7,14-16H,5,8-13,17H2,1-4H3,(H,31,32,33);1-2H3. The van der Waals surface area contributed by atoms with E-state index in [1.807, 2.05) is 26.1 Å². The van der Waals surface area contributed by atoms with Crippen molar-refractivity contribution in [3.63, 3.8) is 0 Å². The SMILES string of the molecule is CC.CCN1CCN(c2ccc(Nc3ncc4c(n3)CCN(c3c(Cl)c(OC)cc(OC)c3Cl)C4)cc2OC)CC1. The third-order valence-electron chi connectivity index (χ3n) is 7.40. The molecule has 1 aromatic heterocycles. The van der Waals surface area contributed by atoms with Crippen LogP contribution < -0.4 is 29.3 Å².